The molecule has 19 heavy (non-hydrogen) atoms. The third kappa shape index (κ3) is 2.90. The number of ether oxygens (including phenoxy) is 1. The van der Waals surface area contributed by atoms with Crippen LogP contribution >= 0.6 is 0 Å². The molecule has 0 atom stereocenters. The zero-order valence-corrected chi connectivity index (χ0v) is 10.5. The molecule has 1 aromatic rings. The van der Waals surface area contributed by atoms with Crippen LogP contribution in [0.5, 0.6) is 0 Å². The van der Waals surface area contributed by atoms with E-state index < -0.39 is 10.9 Å². The summed E-state index contributed by atoms with van der Waals surface area (Å²) in [5.41, 5.74) is 0.600. The molecular weight excluding hydrogens is 248 g/mol. The molecule has 0 fully saturated rings. The van der Waals surface area contributed by atoms with Crippen molar-refractivity contribution in [3.63, 3.8) is 0 Å². The van der Waals surface area contributed by atoms with E-state index in [1.807, 2.05) is 12.2 Å². The minimum absolute atomic E-state index is 0.0421. The first-order valence-electron chi connectivity index (χ1n) is 5.90. The van der Waals surface area contributed by atoms with E-state index in [2.05, 4.69) is 10.1 Å². The molecule has 1 aliphatic carbocycles. The normalized spacial score (nSPS) is 14.4. The Labute approximate surface area is 110 Å². The Bertz CT molecular complexity index is 531. The minimum atomic E-state index is -0.512. The second-order valence-corrected chi connectivity index (χ2v) is 4.26. The van der Waals surface area contributed by atoms with Crippen molar-refractivity contribution in [3.8, 4) is 0 Å². The average Bonchev–Trinajstić information content (AvgIpc) is 2.90. The number of nitro groups is 1. The fourth-order valence-electron chi connectivity index (χ4n) is 2.01. The molecule has 0 bridgehead atoms. The highest BCUT2D eigenvalue weighted by Crippen LogP contribution is 2.28. The molecule has 0 aromatic heterocycles. The molecule has 0 aliphatic heterocycles. The number of carbonyl (C=O) groups is 1. The van der Waals surface area contributed by atoms with Gasteiger partial charge in [0.25, 0.3) is 5.69 Å². The van der Waals surface area contributed by atoms with Crippen molar-refractivity contribution >= 4 is 17.3 Å². The summed E-state index contributed by atoms with van der Waals surface area (Å²) < 4.78 is 4.61. The van der Waals surface area contributed by atoms with Gasteiger partial charge in [-0.05, 0) is 25.0 Å². The van der Waals surface area contributed by atoms with Crippen LogP contribution in [0.4, 0.5) is 11.4 Å². The summed E-state index contributed by atoms with van der Waals surface area (Å²) >= 11 is 0. The van der Waals surface area contributed by atoms with Crippen molar-refractivity contribution in [2.45, 2.75) is 18.9 Å². The summed E-state index contributed by atoms with van der Waals surface area (Å²) in [5.74, 6) is -0.512. The summed E-state index contributed by atoms with van der Waals surface area (Å²) in [6.07, 6.45) is 5.68. The van der Waals surface area contributed by atoms with E-state index in [0.29, 0.717) is 11.3 Å². The van der Waals surface area contributed by atoms with Crippen LogP contribution in [-0.2, 0) is 4.74 Å². The Morgan fingerprint density at radius 1 is 1.42 bits per heavy atom. The zero-order chi connectivity index (χ0) is 13.8. The van der Waals surface area contributed by atoms with Crippen molar-refractivity contribution in [3.05, 3.63) is 46.0 Å². The zero-order valence-electron chi connectivity index (χ0n) is 10.5. The Hall–Kier alpha value is -2.37. The van der Waals surface area contributed by atoms with Crippen molar-refractivity contribution in [1.82, 2.24) is 0 Å². The number of anilines is 1. The Morgan fingerprint density at radius 3 is 2.68 bits per heavy atom. The molecule has 0 unspecified atom stereocenters. The van der Waals surface area contributed by atoms with Crippen LogP contribution in [0.3, 0.4) is 0 Å². The van der Waals surface area contributed by atoms with E-state index in [1.54, 1.807) is 0 Å². The molecule has 1 N–H and O–H groups in total. The Morgan fingerprint density at radius 2 is 2.11 bits per heavy atom. The molecule has 1 aromatic carbocycles. The lowest BCUT2D eigenvalue weighted by Crippen LogP contribution is -2.16. The molecule has 1 aliphatic rings. The molecule has 100 valence electrons. The maximum Gasteiger partial charge on any atom is 0.337 e. The lowest BCUT2D eigenvalue weighted by molar-refractivity contribution is -0.384. The number of esters is 1. The van der Waals surface area contributed by atoms with Crippen LogP contribution in [0.1, 0.15) is 23.2 Å². The van der Waals surface area contributed by atoms with Gasteiger partial charge in [-0.15, -0.1) is 0 Å². The number of carbonyl (C=O) groups excluding carboxylic acids is 1. The number of rotatable bonds is 4. The topological polar surface area (TPSA) is 81.5 Å². The fourth-order valence-corrected chi connectivity index (χ4v) is 2.01. The number of methoxy groups -OCH3 is 1. The van der Waals surface area contributed by atoms with Crippen molar-refractivity contribution in [2.75, 3.05) is 12.4 Å². The van der Waals surface area contributed by atoms with Gasteiger partial charge in [0.1, 0.15) is 5.69 Å². The lowest BCUT2D eigenvalue weighted by atomic mass is 10.1. The molecular formula is C13H14N2O4. The smallest absolute Gasteiger partial charge is 0.337 e. The average molecular weight is 262 g/mol. The minimum Gasteiger partial charge on any atom is -0.465 e. The highest BCUT2D eigenvalue weighted by Gasteiger charge is 2.20. The third-order valence-electron chi connectivity index (χ3n) is 2.98. The summed E-state index contributed by atoms with van der Waals surface area (Å²) in [6, 6.07) is 4.30. The quantitative estimate of drug-likeness (QED) is 0.390. The molecule has 6 nitrogen and oxygen atoms in total. The van der Waals surface area contributed by atoms with E-state index in [0.717, 1.165) is 12.8 Å². The Balaban J connectivity index is 2.30. The number of hydrogen-bond donors (Lipinski definition) is 1. The highest BCUT2D eigenvalue weighted by atomic mass is 16.6. The molecule has 0 spiro atoms. The molecule has 2 rings (SSSR count). The summed E-state index contributed by atoms with van der Waals surface area (Å²) in [4.78, 5) is 22.0. The third-order valence-corrected chi connectivity index (χ3v) is 2.98. The van der Waals surface area contributed by atoms with Gasteiger partial charge >= 0.3 is 5.97 Å². The van der Waals surface area contributed by atoms with Gasteiger partial charge in [-0.1, -0.05) is 12.2 Å². The maximum atomic E-state index is 11.5. The predicted molar refractivity (Wildman–Crippen MR) is 70.2 cm³/mol. The largest absolute Gasteiger partial charge is 0.465 e. The van der Waals surface area contributed by atoms with E-state index in [-0.39, 0.29) is 11.7 Å². The molecule has 0 heterocycles. The monoisotopic (exact) mass is 262 g/mol. The fraction of sp³-hybridized carbons (Fsp3) is 0.308. The van der Waals surface area contributed by atoms with Crippen molar-refractivity contribution in [2.24, 2.45) is 0 Å². The summed E-state index contributed by atoms with van der Waals surface area (Å²) in [6.45, 7) is 0. The van der Waals surface area contributed by atoms with Crippen molar-refractivity contribution < 1.29 is 14.5 Å². The van der Waals surface area contributed by atoms with Crippen molar-refractivity contribution in [1.29, 1.82) is 0 Å². The maximum absolute atomic E-state index is 11.5. The van der Waals surface area contributed by atoms with Gasteiger partial charge in [0.05, 0.1) is 17.6 Å². The first-order chi connectivity index (χ1) is 9.11. The molecule has 6 heteroatoms. The van der Waals surface area contributed by atoms with E-state index in [1.165, 1.54) is 25.3 Å². The first-order valence-corrected chi connectivity index (χ1v) is 5.90. The van der Waals surface area contributed by atoms with E-state index >= 15 is 0 Å². The predicted octanol–water partition coefficient (Wildman–Crippen LogP) is 2.51. The summed E-state index contributed by atoms with van der Waals surface area (Å²) in [5, 5.41) is 14.1. The number of nitrogens with zero attached hydrogens (tertiary/aromatic N) is 1. The standard InChI is InChI=1S/C13H14N2O4/c1-19-13(16)9-6-7-12(15(17)18)11(8-9)14-10-4-2-3-5-10/h2-3,6-8,10,14H,4-5H2,1H3. The number of nitrogens with one attached hydrogen (secondary N) is 1. The summed E-state index contributed by atoms with van der Waals surface area (Å²) in [7, 11) is 1.28. The van der Waals surface area contributed by atoms with Gasteiger partial charge in [0.2, 0.25) is 0 Å². The highest BCUT2D eigenvalue weighted by molar-refractivity contribution is 5.91. The second kappa shape index (κ2) is 5.51. The van der Waals surface area contributed by atoms with E-state index in [9.17, 15) is 14.9 Å². The van der Waals surface area contributed by atoms with Gasteiger partial charge in [-0.2, -0.15) is 0 Å². The number of nitro benzene ring substituents is 1. The van der Waals surface area contributed by atoms with Crippen LogP contribution in [-0.4, -0.2) is 24.0 Å². The van der Waals surface area contributed by atoms with Gasteiger partial charge < -0.3 is 10.1 Å². The molecule has 0 radical (unpaired) electrons. The SMILES string of the molecule is COC(=O)c1ccc([N+](=O)[O-])c(NC2CC=CC2)c1. The Kier molecular flexibility index (Phi) is 3.79. The van der Waals surface area contributed by atoms with Gasteiger partial charge in [0.15, 0.2) is 0 Å². The number of benzene rings is 1. The molecule has 0 saturated carbocycles. The van der Waals surface area contributed by atoms with Gasteiger partial charge in [-0.3, -0.25) is 10.1 Å². The lowest BCUT2D eigenvalue weighted by Gasteiger charge is -2.14. The van der Waals surface area contributed by atoms with Crippen LogP contribution in [0.25, 0.3) is 0 Å². The second-order valence-electron chi connectivity index (χ2n) is 4.26. The number of hydrogen-bond acceptors (Lipinski definition) is 5. The molecule has 0 saturated heterocycles. The first kappa shape index (κ1) is 13.1. The van der Waals surface area contributed by atoms with Gasteiger partial charge in [-0.25, -0.2) is 4.79 Å². The van der Waals surface area contributed by atoms with E-state index in [4.69, 9.17) is 0 Å². The van der Waals surface area contributed by atoms with Crippen LogP contribution < -0.4 is 5.32 Å². The van der Waals surface area contributed by atoms with Crippen LogP contribution in [0.15, 0.2) is 30.4 Å². The van der Waals surface area contributed by atoms with Crippen LogP contribution in [0.2, 0.25) is 0 Å². The van der Waals surface area contributed by atoms with Gasteiger partial charge in [0, 0.05) is 12.1 Å². The van der Waals surface area contributed by atoms with Crippen LogP contribution in [0, 0.1) is 10.1 Å². The molecule has 0 amide bonds.